The van der Waals surface area contributed by atoms with E-state index < -0.39 is 0 Å². The first-order valence-corrected chi connectivity index (χ1v) is 9.09. The second-order valence-electron chi connectivity index (χ2n) is 6.53. The normalized spacial score (nSPS) is 11.5. The van der Waals surface area contributed by atoms with E-state index in [-0.39, 0.29) is 0 Å². The molecule has 3 heterocycles. The summed E-state index contributed by atoms with van der Waals surface area (Å²) >= 11 is 0. The Bertz CT molecular complexity index is 1010. The van der Waals surface area contributed by atoms with Crippen LogP contribution in [0, 0.1) is 0 Å². The van der Waals surface area contributed by atoms with Gasteiger partial charge in [-0.1, -0.05) is 31.5 Å². The molecule has 0 unspecified atom stereocenters. The van der Waals surface area contributed by atoms with Crippen LogP contribution in [0.4, 0.5) is 0 Å². The molecule has 0 saturated heterocycles. The van der Waals surface area contributed by atoms with Gasteiger partial charge in [0.15, 0.2) is 5.82 Å². The molecule has 0 aliphatic carbocycles. The van der Waals surface area contributed by atoms with E-state index >= 15 is 0 Å². The first-order valence-electron chi connectivity index (χ1n) is 9.09. The van der Waals surface area contributed by atoms with Gasteiger partial charge in [-0.2, -0.15) is 5.10 Å². The van der Waals surface area contributed by atoms with Crippen molar-refractivity contribution in [1.82, 2.24) is 34.5 Å². The zero-order chi connectivity index (χ0) is 17.9. The molecule has 0 bridgehead atoms. The van der Waals surface area contributed by atoms with Gasteiger partial charge in [-0.3, -0.25) is 0 Å². The second kappa shape index (κ2) is 7.11. The smallest absolute Gasteiger partial charge is 0.183 e. The highest BCUT2D eigenvalue weighted by Crippen LogP contribution is 2.26. The highest BCUT2D eigenvalue weighted by Gasteiger charge is 2.15. The van der Waals surface area contributed by atoms with E-state index in [1.54, 1.807) is 6.33 Å². The number of hydrogen-bond donors (Lipinski definition) is 1. The molecule has 1 aromatic carbocycles. The number of nitrogens with one attached hydrogen (secondary N) is 1. The molecule has 4 rings (SSSR count). The number of aryl methyl sites for hydroxylation is 4. The van der Waals surface area contributed by atoms with Crippen molar-refractivity contribution in [2.24, 2.45) is 7.05 Å². The van der Waals surface area contributed by atoms with Crippen LogP contribution in [0.1, 0.15) is 31.4 Å². The lowest BCUT2D eigenvalue weighted by Crippen LogP contribution is -2.08. The van der Waals surface area contributed by atoms with Crippen molar-refractivity contribution in [2.75, 3.05) is 0 Å². The molecule has 0 radical (unpaired) electrons. The summed E-state index contributed by atoms with van der Waals surface area (Å²) in [7, 11) is 1.97. The number of hydrogen-bond acceptors (Lipinski definition) is 4. The van der Waals surface area contributed by atoms with Gasteiger partial charge in [-0.05, 0) is 12.5 Å². The Labute approximate surface area is 152 Å². The van der Waals surface area contributed by atoms with Crippen molar-refractivity contribution in [2.45, 2.75) is 39.2 Å². The Hall–Kier alpha value is -2.96. The van der Waals surface area contributed by atoms with E-state index in [4.69, 9.17) is 10.1 Å². The number of aromatic amines is 1. The van der Waals surface area contributed by atoms with Gasteiger partial charge in [-0.15, -0.1) is 10.2 Å². The highest BCUT2D eigenvalue weighted by atomic mass is 15.3. The monoisotopic (exact) mass is 349 g/mol. The van der Waals surface area contributed by atoms with Gasteiger partial charge >= 0.3 is 0 Å². The average Bonchev–Trinajstić information content (AvgIpc) is 3.36. The Kier molecular flexibility index (Phi) is 4.51. The van der Waals surface area contributed by atoms with Crippen LogP contribution in [0.3, 0.4) is 0 Å². The maximum atomic E-state index is 4.86. The van der Waals surface area contributed by atoms with Gasteiger partial charge in [0, 0.05) is 49.1 Å². The summed E-state index contributed by atoms with van der Waals surface area (Å²) in [5.41, 5.74) is 2.16. The van der Waals surface area contributed by atoms with Crippen molar-refractivity contribution < 1.29 is 0 Å². The lowest BCUT2D eigenvalue weighted by atomic mass is 10.2. The zero-order valence-corrected chi connectivity index (χ0v) is 15.2. The Morgan fingerprint density at radius 1 is 1.12 bits per heavy atom. The topological polar surface area (TPSA) is 77.2 Å². The molecule has 7 nitrogen and oxygen atoms in total. The standard InChI is InChI=1S/C19H23N7/c1-3-4-11-26-17(9-10-18-23-21-13-25(18)2)22-19(24-26)15-12-20-16-8-6-5-7-14(15)16/h5-8,12-13,20H,3-4,9-11H2,1-2H3. The summed E-state index contributed by atoms with van der Waals surface area (Å²) in [6.45, 7) is 3.08. The molecule has 0 fully saturated rings. The Balaban J connectivity index is 1.65. The number of rotatable bonds is 7. The van der Waals surface area contributed by atoms with Gasteiger partial charge in [0.05, 0.1) is 0 Å². The Morgan fingerprint density at radius 2 is 1.96 bits per heavy atom. The molecule has 0 atom stereocenters. The van der Waals surface area contributed by atoms with Crippen LogP contribution in [0.15, 0.2) is 36.8 Å². The van der Waals surface area contributed by atoms with Crippen molar-refractivity contribution >= 4 is 10.9 Å². The number of fused-ring (bicyclic) bond motifs is 1. The van der Waals surface area contributed by atoms with Gasteiger partial charge < -0.3 is 9.55 Å². The maximum Gasteiger partial charge on any atom is 0.183 e. The minimum atomic E-state index is 0.784. The van der Waals surface area contributed by atoms with Gasteiger partial charge in [0.25, 0.3) is 0 Å². The fourth-order valence-corrected chi connectivity index (χ4v) is 3.17. The van der Waals surface area contributed by atoms with Gasteiger partial charge in [0.2, 0.25) is 0 Å². The maximum absolute atomic E-state index is 4.86. The fraction of sp³-hybridized carbons (Fsp3) is 0.368. The predicted octanol–water partition coefficient (Wildman–Crippen LogP) is 3.14. The lowest BCUT2D eigenvalue weighted by Gasteiger charge is -2.04. The largest absolute Gasteiger partial charge is 0.360 e. The molecule has 0 spiro atoms. The van der Waals surface area contributed by atoms with Crippen LogP contribution in [0.25, 0.3) is 22.3 Å². The summed E-state index contributed by atoms with van der Waals surface area (Å²) in [4.78, 5) is 8.17. The third-order valence-corrected chi connectivity index (χ3v) is 4.68. The summed E-state index contributed by atoms with van der Waals surface area (Å²) in [6, 6.07) is 8.25. The first kappa shape index (κ1) is 16.5. The minimum absolute atomic E-state index is 0.784. The predicted molar refractivity (Wildman–Crippen MR) is 101 cm³/mol. The molecule has 0 aliphatic heterocycles. The molecule has 0 amide bonds. The van der Waals surface area contributed by atoms with E-state index in [0.29, 0.717) is 0 Å². The highest BCUT2D eigenvalue weighted by molar-refractivity contribution is 5.93. The third kappa shape index (κ3) is 3.12. The SMILES string of the molecule is CCCCn1nc(-c2c[nH]c3ccccc23)nc1CCc1nncn1C. The van der Waals surface area contributed by atoms with Crippen LogP contribution in [-0.2, 0) is 26.4 Å². The van der Waals surface area contributed by atoms with Gasteiger partial charge in [-0.25, -0.2) is 9.67 Å². The quantitative estimate of drug-likeness (QED) is 0.556. The molecule has 26 heavy (non-hydrogen) atoms. The van der Waals surface area contributed by atoms with E-state index in [0.717, 1.165) is 66.2 Å². The Morgan fingerprint density at radius 3 is 2.77 bits per heavy atom. The third-order valence-electron chi connectivity index (χ3n) is 4.68. The molecule has 0 saturated carbocycles. The summed E-state index contributed by atoms with van der Waals surface area (Å²) in [6.07, 6.45) is 7.55. The summed E-state index contributed by atoms with van der Waals surface area (Å²) in [5, 5.41) is 14.1. The molecular weight excluding hydrogens is 326 g/mol. The molecule has 3 aromatic heterocycles. The van der Waals surface area contributed by atoms with Crippen molar-refractivity contribution in [3.63, 3.8) is 0 Å². The summed E-state index contributed by atoms with van der Waals surface area (Å²) < 4.78 is 4.00. The minimum Gasteiger partial charge on any atom is -0.360 e. The van der Waals surface area contributed by atoms with E-state index in [1.165, 1.54) is 0 Å². The van der Waals surface area contributed by atoms with Crippen molar-refractivity contribution in [1.29, 1.82) is 0 Å². The second-order valence-corrected chi connectivity index (χ2v) is 6.53. The van der Waals surface area contributed by atoms with Crippen LogP contribution in [0.2, 0.25) is 0 Å². The molecule has 0 aliphatic rings. The number of H-pyrrole nitrogens is 1. The van der Waals surface area contributed by atoms with Crippen LogP contribution >= 0.6 is 0 Å². The molecule has 4 aromatic rings. The molecule has 134 valence electrons. The van der Waals surface area contributed by atoms with E-state index in [9.17, 15) is 0 Å². The zero-order valence-electron chi connectivity index (χ0n) is 15.2. The number of unbranched alkanes of at least 4 members (excludes halogenated alkanes) is 1. The number of benzene rings is 1. The number of para-hydroxylation sites is 1. The van der Waals surface area contributed by atoms with Crippen molar-refractivity contribution in [3.05, 3.63) is 48.4 Å². The number of aromatic nitrogens is 7. The molecular formula is C19H23N7. The van der Waals surface area contributed by atoms with Gasteiger partial charge in [0.1, 0.15) is 18.0 Å². The number of nitrogens with zero attached hydrogens (tertiary/aromatic N) is 6. The summed E-state index contributed by atoms with van der Waals surface area (Å²) in [5.74, 6) is 2.75. The van der Waals surface area contributed by atoms with Crippen LogP contribution in [-0.4, -0.2) is 34.5 Å². The van der Waals surface area contributed by atoms with Crippen molar-refractivity contribution in [3.8, 4) is 11.4 Å². The first-order chi connectivity index (χ1) is 12.8. The van der Waals surface area contributed by atoms with Crippen LogP contribution < -0.4 is 0 Å². The molecule has 7 heteroatoms. The van der Waals surface area contributed by atoms with Crippen LogP contribution in [0.5, 0.6) is 0 Å². The van der Waals surface area contributed by atoms with E-state index in [2.05, 4.69) is 38.9 Å². The lowest BCUT2D eigenvalue weighted by molar-refractivity contribution is 0.541. The van der Waals surface area contributed by atoms with E-state index in [1.807, 2.05) is 29.9 Å². The average molecular weight is 349 g/mol. The fourth-order valence-electron chi connectivity index (χ4n) is 3.17. The molecule has 1 N–H and O–H groups in total.